The summed E-state index contributed by atoms with van der Waals surface area (Å²) in [6.07, 6.45) is 38.7. The molecule has 0 saturated heterocycles. The van der Waals surface area contributed by atoms with Crippen molar-refractivity contribution in [1.29, 1.82) is 0 Å². The molecule has 19 nitrogen and oxygen atoms in total. The number of rotatable bonds is 10. The predicted molar refractivity (Wildman–Crippen MR) is 492 cm³/mol. The Morgan fingerprint density at radius 1 is 0.333 bits per heavy atom. The Morgan fingerprint density at radius 2 is 0.659 bits per heavy atom. The van der Waals surface area contributed by atoms with E-state index in [0.717, 1.165) is 139 Å². The fourth-order valence-electron chi connectivity index (χ4n) is 35.5. The van der Waals surface area contributed by atoms with Crippen LogP contribution in [0.15, 0.2) is 143 Å². The number of aliphatic hydroxyl groups is 11. The standard InChI is InChI=1S/C22H32O4.2C22H30O4.C22H28O4.C22H30O3/c4*1-13(12-23)22(26)9-7-17-16-5-4-14-10-15(24)6-8-20(14,2)19(16)18(25)11-21(17,22)3;1-13(12-23)17-6-7-18-16-5-4-14-10-15(24)8-9-21(14,2)20(16)19(25)11-22(17,18)3/h10,16-19,23,25-26H,1,4-9,11-12H2,2-3H3;10,16-17,19,23,26H,1,4-9,11-12H2,2-3H3;6,8,10,16-19,23,25-26H,1,4-5,7,9,11-12H2,2-3H3;6,8,10,16-17,19,23,26H,1,4-5,7,9,11-12H2,2-3H3;10,16-18,20,23H,1,4-9,11-12H2,2-3H3. The van der Waals surface area contributed by atoms with Crippen molar-refractivity contribution in [2.75, 3.05) is 33.0 Å². The van der Waals surface area contributed by atoms with E-state index in [9.17, 15) is 94.5 Å². The van der Waals surface area contributed by atoms with Gasteiger partial charge in [0.1, 0.15) is 17.3 Å². The summed E-state index contributed by atoms with van der Waals surface area (Å²) in [7, 11) is 0. The minimum Gasteiger partial charge on any atom is -0.393 e. The van der Waals surface area contributed by atoms with E-state index in [2.05, 4.69) is 88.3 Å². The molecule has 0 aromatic heterocycles. The lowest BCUT2D eigenvalue weighted by molar-refractivity contribution is -0.162. The van der Waals surface area contributed by atoms with Crippen LogP contribution in [0, 0.1) is 149 Å². The van der Waals surface area contributed by atoms with Crippen LogP contribution in [0.4, 0.5) is 0 Å². The van der Waals surface area contributed by atoms with Gasteiger partial charge in [-0.15, -0.1) is 0 Å². The van der Waals surface area contributed by atoms with Crippen LogP contribution in [0.1, 0.15) is 268 Å². The van der Waals surface area contributed by atoms with Gasteiger partial charge >= 0.3 is 0 Å². The van der Waals surface area contributed by atoms with E-state index in [4.69, 9.17) is 0 Å². The van der Waals surface area contributed by atoms with Gasteiger partial charge in [-0.25, -0.2) is 0 Å². The molecule has 704 valence electrons. The first-order valence-corrected chi connectivity index (χ1v) is 49.4. The molecule has 0 aromatic carbocycles. The second kappa shape index (κ2) is 33.4. The van der Waals surface area contributed by atoms with Crippen LogP contribution in [0.5, 0.6) is 0 Å². The van der Waals surface area contributed by atoms with Gasteiger partial charge in [-0.05, 0) is 324 Å². The summed E-state index contributed by atoms with van der Waals surface area (Å²) in [5.41, 5.74) is 0.854. The number of hydrogen-bond acceptors (Lipinski definition) is 19. The third kappa shape index (κ3) is 14.0. The summed E-state index contributed by atoms with van der Waals surface area (Å²) in [4.78, 5) is 99.5. The zero-order chi connectivity index (χ0) is 93.6. The molecule has 0 radical (unpaired) electrons. The first kappa shape index (κ1) is 95.9. The van der Waals surface area contributed by atoms with Crippen LogP contribution >= 0.6 is 0 Å². The highest BCUT2D eigenvalue weighted by Crippen LogP contribution is 2.75. The van der Waals surface area contributed by atoms with Crippen molar-refractivity contribution in [1.82, 2.24) is 0 Å². The molecule has 129 heavy (non-hydrogen) atoms. The molecule has 0 bridgehead atoms. The van der Waals surface area contributed by atoms with E-state index in [1.807, 2.05) is 38.2 Å². The van der Waals surface area contributed by atoms with Gasteiger partial charge in [0.2, 0.25) is 0 Å². The number of fused-ring (bicyclic) bond motifs is 25. The molecule has 20 aliphatic rings. The Hall–Kier alpha value is -6.20. The molecule has 15 fully saturated rings. The first-order valence-electron chi connectivity index (χ1n) is 49.4. The van der Waals surface area contributed by atoms with Gasteiger partial charge in [-0.1, -0.05) is 142 Å². The molecule has 20 rings (SSSR count). The summed E-state index contributed by atoms with van der Waals surface area (Å²) >= 11 is 0. The molecule has 19 heteroatoms. The van der Waals surface area contributed by atoms with Crippen molar-refractivity contribution in [3.8, 4) is 0 Å². The van der Waals surface area contributed by atoms with Gasteiger partial charge in [0.25, 0.3) is 0 Å². The number of hydrogen-bond donors (Lipinski definition) is 11. The van der Waals surface area contributed by atoms with Crippen molar-refractivity contribution >= 4 is 46.3 Å². The maximum absolute atomic E-state index is 13.4. The second-order valence-electron chi connectivity index (χ2n) is 47.3. The highest BCUT2D eigenvalue weighted by molar-refractivity contribution is 6.02. The molecule has 11 N–H and O–H groups in total. The van der Waals surface area contributed by atoms with Crippen LogP contribution in [0.3, 0.4) is 0 Å². The van der Waals surface area contributed by atoms with E-state index >= 15 is 0 Å². The molecule has 0 heterocycles. The van der Waals surface area contributed by atoms with Gasteiger partial charge in [-0.2, -0.15) is 0 Å². The van der Waals surface area contributed by atoms with Crippen LogP contribution < -0.4 is 0 Å². The predicted octanol–water partition coefficient (Wildman–Crippen LogP) is 14.9. The number of carbonyl (C=O) groups is 8. The zero-order valence-corrected chi connectivity index (χ0v) is 78.8. The average Bonchev–Trinajstić information content (AvgIpc) is 1.55. The summed E-state index contributed by atoms with van der Waals surface area (Å²) in [5.74, 6) is 5.04. The molecule has 0 aromatic rings. The summed E-state index contributed by atoms with van der Waals surface area (Å²) < 4.78 is 0. The van der Waals surface area contributed by atoms with Crippen molar-refractivity contribution < 1.29 is 94.5 Å². The molecule has 0 amide bonds. The lowest BCUT2D eigenvalue weighted by Gasteiger charge is -2.61. The Kier molecular flexibility index (Phi) is 24.8. The molecular weight excluding hydrogens is 1630 g/mol. The smallest absolute Gasteiger partial charge is 0.178 e. The fraction of sp³-hybridized carbons (Fsp3) is 0.709. The van der Waals surface area contributed by atoms with Crippen molar-refractivity contribution in [2.24, 2.45) is 149 Å². The second-order valence-corrected chi connectivity index (χ2v) is 47.3. The molecular formula is C110H150O19. The van der Waals surface area contributed by atoms with E-state index in [1.54, 1.807) is 30.4 Å². The van der Waals surface area contributed by atoms with Crippen LogP contribution in [-0.2, 0) is 38.4 Å². The van der Waals surface area contributed by atoms with Crippen LogP contribution in [0.2, 0.25) is 0 Å². The van der Waals surface area contributed by atoms with Gasteiger partial charge in [0.15, 0.2) is 28.9 Å². The normalized spacial score (nSPS) is 48.3. The van der Waals surface area contributed by atoms with Gasteiger partial charge in [-0.3, -0.25) is 38.4 Å². The number of carbonyl (C=O) groups excluding carboxylic acids is 8. The molecule has 32 atom stereocenters. The van der Waals surface area contributed by atoms with Crippen molar-refractivity contribution in [3.63, 3.8) is 0 Å². The highest BCUT2D eigenvalue weighted by Gasteiger charge is 2.73. The number of Topliss-reactive ketones (excluding diaryl/α,β-unsaturated/α-hetero) is 3. The lowest BCUT2D eigenvalue weighted by atomic mass is 9.45. The number of ketones is 8. The maximum Gasteiger partial charge on any atom is 0.178 e. The Morgan fingerprint density at radius 3 is 1.08 bits per heavy atom. The maximum atomic E-state index is 13.4. The highest BCUT2D eigenvalue weighted by atomic mass is 16.3. The Balaban J connectivity index is 0.000000118. The summed E-state index contributed by atoms with van der Waals surface area (Å²) in [5, 5.41) is 116. The number of allylic oxidation sites excluding steroid dienone is 11. The van der Waals surface area contributed by atoms with E-state index in [-0.39, 0.29) is 171 Å². The quantitative estimate of drug-likeness (QED) is 0.0905. The Bertz CT molecular complexity index is 4950. The van der Waals surface area contributed by atoms with E-state index < -0.39 is 56.3 Å². The van der Waals surface area contributed by atoms with Gasteiger partial charge < -0.3 is 56.2 Å². The van der Waals surface area contributed by atoms with Gasteiger partial charge in [0, 0.05) is 94.7 Å². The molecule has 0 aliphatic heterocycles. The lowest BCUT2D eigenvalue weighted by Crippen LogP contribution is -2.60. The van der Waals surface area contributed by atoms with Crippen molar-refractivity contribution in [3.05, 3.63) is 143 Å². The molecule has 20 aliphatic carbocycles. The zero-order valence-electron chi connectivity index (χ0n) is 78.8. The molecule has 32 unspecified atom stereocenters. The first-order chi connectivity index (χ1) is 60.5. The topological polar surface area (TPSA) is 359 Å². The minimum absolute atomic E-state index is 0.0125. The number of aliphatic hydroxyl groups excluding tert-OH is 7. The third-order valence-corrected chi connectivity index (χ3v) is 42.4. The Labute approximate surface area is 764 Å². The summed E-state index contributed by atoms with van der Waals surface area (Å²) in [6.45, 7) is 40.3. The molecule has 0 spiro atoms. The van der Waals surface area contributed by atoms with Crippen LogP contribution in [-0.4, -0.2) is 170 Å². The van der Waals surface area contributed by atoms with E-state index in [0.29, 0.717) is 135 Å². The fourth-order valence-corrected chi connectivity index (χ4v) is 35.5. The monoisotopic (exact) mass is 1780 g/mol. The average molecular weight is 1780 g/mol. The largest absolute Gasteiger partial charge is 0.393 e. The SMILES string of the molecule is C=C(CO)C1(O)CCC2C3CCC4=CC(=O)C=CC4(C)C3C(=O)CC21C.C=C(CO)C1(O)CCC2C3CCC4=CC(=O)C=CC4(C)C3C(O)CC21C.C=C(CO)C1(O)CCC2C3CCC4=CC(=O)CCC4(C)C3C(=O)CC21C.C=C(CO)C1(O)CCC2C3CCC4=CC(=O)CCC4(C)C3C(O)CC21C.C=C(CO)C1CCC2C3CCC4=CC(=O)CCC4(C)C3C(=O)CC12C. The molecule has 15 saturated carbocycles. The van der Waals surface area contributed by atoms with Crippen molar-refractivity contribution in [2.45, 2.75) is 303 Å². The third-order valence-electron chi connectivity index (χ3n) is 42.4. The van der Waals surface area contributed by atoms with E-state index in [1.165, 1.54) is 16.7 Å². The van der Waals surface area contributed by atoms with Crippen LogP contribution in [0.25, 0.3) is 0 Å². The minimum atomic E-state index is -1.18. The van der Waals surface area contributed by atoms with Gasteiger partial charge in [0.05, 0.1) is 67.6 Å². The summed E-state index contributed by atoms with van der Waals surface area (Å²) in [6, 6.07) is 0.